The molecule has 0 aliphatic carbocycles. The van der Waals surface area contributed by atoms with Crippen LogP contribution in [0.2, 0.25) is 0 Å². The molecule has 7 N–H and O–H groups in total. The summed E-state index contributed by atoms with van der Waals surface area (Å²) in [7, 11) is 0. The van der Waals surface area contributed by atoms with Gasteiger partial charge in [0, 0.05) is 35.8 Å². The molecular weight excluding hydrogens is 490 g/mol. The minimum Gasteiger partial charge on any atom is -0.508 e. The first-order chi connectivity index (χ1) is 17.8. The van der Waals surface area contributed by atoms with Gasteiger partial charge in [-0.05, 0) is 60.4 Å². The first-order valence-electron chi connectivity index (χ1n) is 12.0. The summed E-state index contributed by atoms with van der Waals surface area (Å²) < 4.78 is 0. The second kappa shape index (κ2) is 11.3. The van der Waals surface area contributed by atoms with Gasteiger partial charge in [-0.3, -0.25) is 19.8 Å². The smallest absolute Gasteiger partial charge is 0.261 e. The SMILES string of the molecule is CC[C@@H](NC(=O)c1ccc(N)c(C=[NH2+])c1)C(=O)N1CCc2sc(C(=O)NCc3ccc(O)cc3)cc2C1. The summed E-state index contributed by atoms with van der Waals surface area (Å²) in [6, 6.07) is 12.6. The molecule has 1 aliphatic heterocycles. The number of nitrogens with zero attached hydrogens (tertiary/aromatic N) is 1. The third kappa shape index (κ3) is 5.97. The van der Waals surface area contributed by atoms with Crippen LogP contribution in [-0.2, 0) is 24.3 Å². The van der Waals surface area contributed by atoms with Crippen molar-refractivity contribution >= 4 is 41.0 Å². The van der Waals surface area contributed by atoms with E-state index in [1.807, 2.05) is 13.0 Å². The van der Waals surface area contributed by atoms with Crippen LogP contribution >= 0.6 is 11.3 Å². The van der Waals surface area contributed by atoms with Crippen LogP contribution < -0.4 is 21.8 Å². The number of nitrogen functional groups attached to an aromatic ring is 1. The summed E-state index contributed by atoms with van der Waals surface area (Å²) in [6.07, 6.45) is 2.42. The summed E-state index contributed by atoms with van der Waals surface area (Å²) in [6.45, 7) is 3.10. The van der Waals surface area contributed by atoms with E-state index >= 15 is 0 Å². The van der Waals surface area contributed by atoms with E-state index in [9.17, 15) is 19.5 Å². The van der Waals surface area contributed by atoms with Crippen molar-refractivity contribution < 1.29 is 24.9 Å². The highest BCUT2D eigenvalue weighted by Gasteiger charge is 2.29. The van der Waals surface area contributed by atoms with Gasteiger partial charge in [0.2, 0.25) is 5.91 Å². The molecule has 2 aromatic carbocycles. The third-order valence-corrected chi connectivity index (χ3v) is 7.57. The minimum absolute atomic E-state index is 0.160. The predicted molar refractivity (Wildman–Crippen MR) is 142 cm³/mol. The number of phenolic OH excluding ortho intramolecular Hbond substituents is 1. The number of anilines is 1. The number of carbonyl (C=O) groups excluding carboxylic acids is 3. The lowest BCUT2D eigenvalue weighted by Crippen LogP contribution is -2.49. The number of fused-ring (bicyclic) bond motifs is 1. The zero-order chi connectivity index (χ0) is 26.5. The Morgan fingerprint density at radius 2 is 1.92 bits per heavy atom. The molecule has 3 aromatic rings. The molecule has 3 amide bonds. The van der Waals surface area contributed by atoms with Crippen LogP contribution in [0.4, 0.5) is 5.69 Å². The quantitative estimate of drug-likeness (QED) is 0.224. The van der Waals surface area contributed by atoms with Gasteiger partial charge < -0.3 is 26.4 Å². The molecule has 0 bridgehead atoms. The van der Waals surface area contributed by atoms with Crippen molar-refractivity contribution in [2.75, 3.05) is 12.3 Å². The standard InChI is InChI=1S/C27H29N5O4S/c1-2-22(31-25(34)17-5-8-21(29)18(11-17)13-28)27(36)32-10-9-23-19(15-32)12-24(37-23)26(35)30-14-16-3-6-20(33)7-4-16/h3-8,11-13,22,28,33H,2,9-10,14-15,29H2,1H3,(H,30,35)(H,31,34)/p+1/t22-/m1/s1. The molecule has 1 aliphatic rings. The molecule has 9 nitrogen and oxygen atoms in total. The Labute approximate surface area is 218 Å². The van der Waals surface area contributed by atoms with Gasteiger partial charge in [-0.15, -0.1) is 11.3 Å². The molecule has 0 saturated carbocycles. The number of rotatable bonds is 8. The topological polar surface area (TPSA) is 150 Å². The average Bonchev–Trinajstić information content (AvgIpc) is 3.34. The van der Waals surface area contributed by atoms with E-state index in [2.05, 4.69) is 10.6 Å². The summed E-state index contributed by atoms with van der Waals surface area (Å²) >= 11 is 1.44. The molecule has 2 heterocycles. The molecule has 0 unspecified atom stereocenters. The van der Waals surface area contributed by atoms with Crippen molar-refractivity contribution in [1.29, 1.82) is 0 Å². The number of nitrogens with one attached hydrogen (secondary N) is 2. The molecule has 0 fully saturated rings. The summed E-state index contributed by atoms with van der Waals surface area (Å²) in [4.78, 5) is 42.2. The fourth-order valence-electron chi connectivity index (χ4n) is 4.18. The number of thiophene rings is 1. The van der Waals surface area contributed by atoms with Crippen LogP contribution in [-0.4, -0.2) is 46.5 Å². The van der Waals surface area contributed by atoms with Crippen molar-refractivity contribution in [2.24, 2.45) is 0 Å². The van der Waals surface area contributed by atoms with Gasteiger partial charge in [0.25, 0.3) is 11.8 Å². The van der Waals surface area contributed by atoms with E-state index in [1.54, 1.807) is 47.4 Å². The first kappa shape index (κ1) is 25.9. The van der Waals surface area contributed by atoms with Crippen LogP contribution in [0.3, 0.4) is 0 Å². The largest absolute Gasteiger partial charge is 0.508 e. The highest BCUT2D eigenvalue weighted by molar-refractivity contribution is 7.14. The molecule has 4 rings (SSSR count). The maximum atomic E-state index is 13.3. The molecule has 10 heteroatoms. The van der Waals surface area contributed by atoms with Crippen LogP contribution in [0.5, 0.6) is 5.75 Å². The third-order valence-electron chi connectivity index (χ3n) is 6.33. The van der Waals surface area contributed by atoms with E-state index in [0.29, 0.717) is 54.2 Å². The van der Waals surface area contributed by atoms with Crippen molar-refractivity contribution in [3.8, 4) is 5.75 Å². The summed E-state index contributed by atoms with van der Waals surface area (Å²) in [5.74, 6) is -0.535. The number of benzene rings is 2. The van der Waals surface area contributed by atoms with E-state index in [1.165, 1.54) is 17.6 Å². The van der Waals surface area contributed by atoms with Crippen molar-refractivity contribution in [3.05, 3.63) is 80.5 Å². The van der Waals surface area contributed by atoms with Gasteiger partial charge in [0.15, 0.2) is 6.21 Å². The lowest BCUT2D eigenvalue weighted by atomic mass is 10.1. The number of amides is 3. The van der Waals surface area contributed by atoms with Crippen molar-refractivity contribution in [1.82, 2.24) is 15.5 Å². The molecule has 1 atom stereocenters. The van der Waals surface area contributed by atoms with E-state index in [0.717, 1.165) is 16.0 Å². The number of nitrogens with two attached hydrogens (primary N) is 2. The number of phenols is 1. The second-order valence-electron chi connectivity index (χ2n) is 8.86. The summed E-state index contributed by atoms with van der Waals surface area (Å²) in [5.41, 5.74) is 9.07. The fourth-order valence-corrected chi connectivity index (χ4v) is 5.26. The maximum absolute atomic E-state index is 13.3. The molecule has 0 spiro atoms. The Balaban J connectivity index is 1.38. The van der Waals surface area contributed by atoms with Crippen LogP contribution in [0, 0.1) is 0 Å². The molecule has 37 heavy (non-hydrogen) atoms. The lowest BCUT2D eigenvalue weighted by molar-refractivity contribution is -0.134. The Bertz CT molecular complexity index is 1340. The van der Waals surface area contributed by atoms with Gasteiger partial charge >= 0.3 is 0 Å². The second-order valence-corrected chi connectivity index (χ2v) is 10.00. The monoisotopic (exact) mass is 520 g/mol. The lowest BCUT2D eigenvalue weighted by Gasteiger charge is -2.30. The Morgan fingerprint density at radius 3 is 2.62 bits per heavy atom. The molecule has 0 radical (unpaired) electrons. The van der Waals surface area contributed by atoms with Gasteiger partial charge in [0.05, 0.1) is 10.4 Å². The van der Waals surface area contributed by atoms with Gasteiger partial charge in [0.1, 0.15) is 11.8 Å². The van der Waals surface area contributed by atoms with Crippen LogP contribution in [0.25, 0.3) is 0 Å². The molecule has 192 valence electrons. The Hall–Kier alpha value is -4.18. The van der Waals surface area contributed by atoms with Crippen molar-refractivity contribution in [2.45, 2.75) is 38.9 Å². The van der Waals surface area contributed by atoms with E-state index < -0.39 is 6.04 Å². The van der Waals surface area contributed by atoms with Crippen LogP contribution in [0.1, 0.15) is 54.9 Å². The van der Waals surface area contributed by atoms with E-state index in [4.69, 9.17) is 11.1 Å². The number of carbonyl (C=O) groups is 3. The number of hydrogen-bond donors (Lipinski definition) is 5. The van der Waals surface area contributed by atoms with Gasteiger partial charge in [-0.25, -0.2) is 0 Å². The number of aromatic hydroxyl groups is 1. The highest BCUT2D eigenvalue weighted by Crippen LogP contribution is 2.29. The zero-order valence-corrected chi connectivity index (χ0v) is 21.3. The van der Waals surface area contributed by atoms with Gasteiger partial charge in [-0.2, -0.15) is 0 Å². The van der Waals surface area contributed by atoms with Crippen molar-refractivity contribution in [3.63, 3.8) is 0 Å². The maximum Gasteiger partial charge on any atom is 0.261 e. The molecule has 0 saturated heterocycles. The highest BCUT2D eigenvalue weighted by atomic mass is 32.1. The Morgan fingerprint density at radius 1 is 1.16 bits per heavy atom. The predicted octanol–water partition coefficient (Wildman–Crippen LogP) is 1.24. The fraction of sp³-hybridized carbons (Fsp3) is 0.259. The van der Waals surface area contributed by atoms with Gasteiger partial charge in [-0.1, -0.05) is 19.1 Å². The zero-order valence-electron chi connectivity index (χ0n) is 20.5. The molecular formula is C27H30N5O4S+. The molecule has 1 aromatic heterocycles. The van der Waals surface area contributed by atoms with E-state index in [-0.39, 0.29) is 23.5 Å². The number of hydrogen-bond acceptors (Lipinski definition) is 6. The van der Waals surface area contributed by atoms with Crippen LogP contribution in [0.15, 0.2) is 48.5 Å². The normalized spacial score (nSPS) is 13.4. The summed E-state index contributed by atoms with van der Waals surface area (Å²) in [5, 5.41) is 20.7. The Kier molecular flexibility index (Phi) is 7.88. The average molecular weight is 521 g/mol. The minimum atomic E-state index is -0.677. The first-order valence-corrected chi connectivity index (χ1v) is 12.8.